The van der Waals surface area contributed by atoms with E-state index >= 15 is 0 Å². The van der Waals surface area contributed by atoms with Crippen LogP contribution < -0.4 is 11.0 Å². The predicted molar refractivity (Wildman–Crippen MR) is 93.4 cm³/mol. The fourth-order valence-corrected chi connectivity index (χ4v) is 2.89. The van der Waals surface area contributed by atoms with Crippen molar-refractivity contribution in [2.75, 3.05) is 44.7 Å². The Morgan fingerprint density at radius 3 is 2.92 bits per heavy atom. The first-order valence-corrected chi connectivity index (χ1v) is 8.77. The third-order valence-electron chi connectivity index (χ3n) is 4.28. The monoisotopic (exact) mass is 334 g/mol. The van der Waals surface area contributed by atoms with Crippen molar-refractivity contribution in [3.05, 3.63) is 16.7 Å². The van der Waals surface area contributed by atoms with Crippen LogP contribution in [0.3, 0.4) is 0 Å². The van der Waals surface area contributed by atoms with Crippen LogP contribution in [0.2, 0.25) is 0 Å². The van der Waals surface area contributed by atoms with Crippen LogP contribution in [0.4, 0.5) is 5.95 Å². The zero-order valence-electron chi connectivity index (χ0n) is 14.3. The van der Waals surface area contributed by atoms with Gasteiger partial charge in [0, 0.05) is 32.7 Å². The van der Waals surface area contributed by atoms with Crippen molar-refractivity contribution in [2.24, 2.45) is 0 Å². The molecule has 0 radical (unpaired) electrons. The molecule has 0 atom stereocenters. The fourth-order valence-electron chi connectivity index (χ4n) is 2.89. The minimum absolute atomic E-state index is 0.119. The van der Waals surface area contributed by atoms with E-state index in [1.807, 2.05) is 0 Å². The van der Waals surface area contributed by atoms with E-state index < -0.39 is 0 Å². The lowest BCUT2D eigenvalue weighted by atomic mass is 10.3. The smallest absolute Gasteiger partial charge is 0.327 e. The van der Waals surface area contributed by atoms with Gasteiger partial charge in [0.05, 0.1) is 19.4 Å². The normalized spacial score (nSPS) is 15.9. The van der Waals surface area contributed by atoms with Crippen LogP contribution in [0.1, 0.15) is 26.2 Å². The Morgan fingerprint density at radius 1 is 1.29 bits per heavy atom. The first kappa shape index (κ1) is 16.9. The molecule has 0 unspecified atom stereocenters. The first-order valence-electron chi connectivity index (χ1n) is 8.77. The van der Waals surface area contributed by atoms with Gasteiger partial charge in [-0.05, 0) is 12.8 Å². The molecular formula is C16H26N6O2. The van der Waals surface area contributed by atoms with Gasteiger partial charge in [-0.2, -0.15) is 4.98 Å². The molecule has 0 amide bonds. The van der Waals surface area contributed by atoms with Crippen LogP contribution in [0.25, 0.3) is 11.2 Å². The highest BCUT2D eigenvalue weighted by Crippen LogP contribution is 2.10. The number of morpholine rings is 1. The van der Waals surface area contributed by atoms with E-state index in [9.17, 15) is 4.79 Å². The maximum absolute atomic E-state index is 12.2. The van der Waals surface area contributed by atoms with Gasteiger partial charge in [-0.15, -0.1) is 0 Å². The standard InChI is InChI=1S/C16H26N6O2/c1-2-3-5-17-15-18-12-13-14(20-15)22(16(23)19-13)7-4-6-21-8-10-24-11-9-21/h12H,2-11H2,1H3,(H,19,23)(H,17,18,20). The number of nitrogens with zero attached hydrogens (tertiary/aromatic N) is 4. The van der Waals surface area contributed by atoms with Gasteiger partial charge in [0.15, 0.2) is 5.65 Å². The largest absolute Gasteiger partial charge is 0.379 e. The zero-order valence-corrected chi connectivity index (χ0v) is 14.3. The highest BCUT2D eigenvalue weighted by atomic mass is 16.5. The third-order valence-corrected chi connectivity index (χ3v) is 4.28. The molecule has 0 bridgehead atoms. The highest BCUT2D eigenvalue weighted by molar-refractivity contribution is 5.70. The average Bonchev–Trinajstić information content (AvgIpc) is 2.91. The number of aromatic nitrogens is 4. The summed E-state index contributed by atoms with van der Waals surface area (Å²) >= 11 is 0. The molecule has 2 aromatic rings. The SMILES string of the molecule is CCCCNc1ncc2[nH]c(=O)n(CCCN3CCOCC3)c2n1. The zero-order chi connectivity index (χ0) is 16.8. The summed E-state index contributed by atoms with van der Waals surface area (Å²) in [7, 11) is 0. The molecule has 2 aromatic heterocycles. The van der Waals surface area contributed by atoms with E-state index in [1.54, 1.807) is 10.8 Å². The quantitative estimate of drug-likeness (QED) is 0.702. The Hall–Kier alpha value is -1.93. The second kappa shape index (κ2) is 8.25. The van der Waals surface area contributed by atoms with Gasteiger partial charge in [-0.1, -0.05) is 13.3 Å². The second-order valence-corrected chi connectivity index (χ2v) is 6.10. The second-order valence-electron chi connectivity index (χ2n) is 6.10. The van der Waals surface area contributed by atoms with Crippen molar-refractivity contribution in [2.45, 2.75) is 32.7 Å². The van der Waals surface area contributed by atoms with E-state index in [1.165, 1.54) is 0 Å². The molecular weight excluding hydrogens is 308 g/mol. The van der Waals surface area contributed by atoms with Gasteiger partial charge in [0.2, 0.25) is 5.95 Å². The minimum atomic E-state index is -0.119. The molecule has 1 aliphatic rings. The predicted octanol–water partition coefficient (Wildman–Crippen LogP) is 1.05. The molecule has 0 saturated carbocycles. The van der Waals surface area contributed by atoms with Crippen LogP contribution >= 0.6 is 0 Å². The number of aryl methyl sites for hydroxylation is 1. The van der Waals surface area contributed by atoms with Crippen LogP contribution in [-0.2, 0) is 11.3 Å². The van der Waals surface area contributed by atoms with Crippen LogP contribution in [0, 0.1) is 0 Å². The molecule has 1 aliphatic heterocycles. The van der Waals surface area contributed by atoms with Crippen molar-refractivity contribution in [1.82, 2.24) is 24.4 Å². The number of rotatable bonds is 8. The van der Waals surface area contributed by atoms with Crippen molar-refractivity contribution < 1.29 is 4.74 Å². The number of hydrogen-bond donors (Lipinski definition) is 2. The lowest BCUT2D eigenvalue weighted by molar-refractivity contribution is 0.0369. The van der Waals surface area contributed by atoms with Gasteiger partial charge >= 0.3 is 5.69 Å². The van der Waals surface area contributed by atoms with Crippen molar-refractivity contribution in [3.63, 3.8) is 0 Å². The average molecular weight is 334 g/mol. The molecule has 0 aromatic carbocycles. The van der Waals surface area contributed by atoms with Crippen molar-refractivity contribution in [3.8, 4) is 0 Å². The molecule has 3 rings (SSSR count). The summed E-state index contributed by atoms with van der Waals surface area (Å²) in [5, 5.41) is 3.21. The molecule has 0 aliphatic carbocycles. The summed E-state index contributed by atoms with van der Waals surface area (Å²) in [5.74, 6) is 0.580. The van der Waals surface area contributed by atoms with E-state index in [2.05, 4.69) is 32.1 Å². The van der Waals surface area contributed by atoms with E-state index in [-0.39, 0.29) is 5.69 Å². The van der Waals surface area contributed by atoms with E-state index in [4.69, 9.17) is 4.74 Å². The van der Waals surface area contributed by atoms with Crippen molar-refractivity contribution in [1.29, 1.82) is 0 Å². The number of aromatic amines is 1. The highest BCUT2D eigenvalue weighted by Gasteiger charge is 2.12. The molecule has 8 heteroatoms. The van der Waals surface area contributed by atoms with E-state index in [0.717, 1.165) is 58.7 Å². The molecule has 1 fully saturated rings. The Morgan fingerprint density at radius 2 is 2.12 bits per heavy atom. The number of fused-ring (bicyclic) bond motifs is 1. The number of hydrogen-bond acceptors (Lipinski definition) is 6. The number of nitrogens with one attached hydrogen (secondary N) is 2. The molecule has 2 N–H and O–H groups in total. The molecule has 0 spiro atoms. The molecule has 132 valence electrons. The summed E-state index contributed by atoms with van der Waals surface area (Å²) in [6.45, 7) is 8.14. The number of unbranched alkanes of at least 4 members (excludes halogenated alkanes) is 1. The van der Waals surface area contributed by atoms with Gasteiger partial charge in [-0.25, -0.2) is 9.78 Å². The molecule has 24 heavy (non-hydrogen) atoms. The van der Waals surface area contributed by atoms with Gasteiger partial charge in [0.25, 0.3) is 0 Å². The van der Waals surface area contributed by atoms with Gasteiger partial charge in [-0.3, -0.25) is 9.47 Å². The van der Waals surface area contributed by atoms with E-state index in [0.29, 0.717) is 23.7 Å². The summed E-state index contributed by atoms with van der Waals surface area (Å²) in [6, 6.07) is 0. The van der Waals surface area contributed by atoms with Crippen LogP contribution in [0.15, 0.2) is 11.0 Å². The van der Waals surface area contributed by atoms with Crippen LogP contribution in [-0.4, -0.2) is 63.8 Å². The maximum atomic E-state index is 12.2. The fraction of sp³-hybridized carbons (Fsp3) is 0.688. The summed E-state index contributed by atoms with van der Waals surface area (Å²) in [4.78, 5) is 26.1. The molecule has 1 saturated heterocycles. The number of H-pyrrole nitrogens is 1. The third kappa shape index (κ3) is 4.12. The Labute approximate surface area is 141 Å². The maximum Gasteiger partial charge on any atom is 0.327 e. The summed E-state index contributed by atoms with van der Waals surface area (Å²) in [5.41, 5.74) is 1.25. The minimum Gasteiger partial charge on any atom is -0.379 e. The summed E-state index contributed by atoms with van der Waals surface area (Å²) < 4.78 is 7.07. The summed E-state index contributed by atoms with van der Waals surface area (Å²) in [6.07, 6.45) is 4.78. The van der Waals surface area contributed by atoms with Crippen molar-refractivity contribution >= 4 is 17.1 Å². The van der Waals surface area contributed by atoms with Gasteiger partial charge < -0.3 is 15.0 Å². The Bertz CT molecular complexity index is 704. The first-order chi connectivity index (χ1) is 11.8. The van der Waals surface area contributed by atoms with Gasteiger partial charge in [0.1, 0.15) is 5.52 Å². The Balaban J connectivity index is 1.65. The number of anilines is 1. The topological polar surface area (TPSA) is 88.1 Å². The Kier molecular flexibility index (Phi) is 5.81. The van der Waals surface area contributed by atoms with Crippen LogP contribution in [0.5, 0.6) is 0 Å². The lowest BCUT2D eigenvalue weighted by Gasteiger charge is -2.26. The number of imidazole rings is 1. The molecule has 8 nitrogen and oxygen atoms in total. The molecule has 3 heterocycles. The lowest BCUT2D eigenvalue weighted by Crippen LogP contribution is -2.37. The number of ether oxygens (including phenoxy) is 1.